The maximum atomic E-state index is 5.55. The van der Waals surface area contributed by atoms with Gasteiger partial charge in [-0.1, -0.05) is 19.1 Å². The molecule has 2 aliphatic heterocycles. The number of ether oxygens (including phenoxy) is 1. The highest BCUT2D eigenvalue weighted by Gasteiger charge is 2.25. The van der Waals surface area contributed by atoms with Crippen molar-refractivity contribution in [1.29, 1.82) is 0 Å². The Morgan fingerprint density at radius 2 is 1.76 bits per heavy atom. The molecule has 0 spiro atoms. The molecule has 2 aliphatic rings. The number of aryl methyl sites for hydroxylation is 1. The van der Waals surface area contributed by atoms with Gasteiger partial charge in [-0.25, -0.2) is 4.98 Å². The van der Waals surface area contributed by atoms with E-state index in [0.29, 0.717) is 6.04 Å². The van der Waals surface area contributed by atoms with E-state index < -0.39 is 0 Å². The molecule has 0 radical (unpaired) electrons. The third-order valence-electron chi connectivity index (χ3n) is 6.21. The van der Waals surface area contributed by atoms with E-state index in [1.165, 1.54) is 24.9 Å². The summed E-state index contributed by atoms with van der Waals surface area (Å²) in [6, 6.07) is 11.0. The molecule has 1 unspecified atom stereocenters. The third-order valence-corrected chi connectivity index (χ3v) is 6.21. The van der Waals surface area contributed by atoms with Gasteiger partial charge in [-0.2, -0.15) is 4.98 Å². The first-order valence-electron chi connectivity index (χ1n) is 10.9. The molecular formula is C23H33N5O. The Kier molecular flexibility index (Phi) is 6.07. The molecule has 0 amide bonds. The van der Waals surface area contributed by atoms with Crippen molar-refractivity contribution in [3.8, 4) is 5.75 Å². The van der Waals surface area contributed by atoms with Gasteiger partial charge in [0.2, 0.25) is 5.95 Å². The van der Waals surface area contributed by atoms with Gasteiger partial charge in [-0.05, 0) is 44.7 Å². The molecule has 6 nitrogen and oxygen atoms in total. The van der Waals surface area contributed by atoms with E-state index in [4.69, 9.17) is 14.7 Å². The van der Waals surface area contributed by atoms with E-state index in [1.807, 2.05) is 12.1 Å². The largest absolute Gasteiger partial charge is 0.495 e. The maximum absolute atomic E-state index is 5.55. The quantitative estimate of drug-likeness (QED) is 0.765. The number of hydrogen-bond acceptors (Lipinski definition) is 6. The predicted octanol–water partition coefficient (Wildman–Crippen LogP) is 3.89. The zero-order valence-corrected chi connectivity index (χ0v) is 18.0. The van der Waals surface area contributed by atoms with Crippen molar-refractivity contribution in [2.45, 2.75) is 45.6 Å². The third kappa shape index (κ3) is 4.26. The molecule has 4 rings (SSSR count). The molecule has 1 atom stereocenters. The van der Waals surface area contributed by atoms with E-state index in [0.717, 1.165) is 62.4 Å². The summed E-state index contributed by atoms with van der Waals surface area (Å²) in [5.74, 6) is 2.92. The van der Waals surface area contributed by atoms with Crippen molar-refractivity contribution in [1.82, 2.24) is 9.97 Å². The van der Waals surface area contributed by atoms with E-state index in [9.17, 15) is 0 Å². The van der Waals surface area contributed by atoms with Crippen molar-refractivity contribution in [2.24, 2.45) is 0 Å². The van der Waals surface area contributed by atoms with Crippen LogP contribution in [0, 0.1) is 6.92 Å². The minimum Gasteiger partial charge on any atom is -0.495 e. The number of hydrogen-bond donors (Lipinski definition) is 0. The molecular weight excluding hydrogens is 362 g/mol. The first-order valence-corrected chi connectivity index (χ1v) is 10.9. The molecule has 0 aliphatic carbocycles. The Morgan fingerprint density at radius 1 is 1.00 bits per heavy atom. The van der Waals surface area contributed by atoms with Crippen LogP contribution in [-0.4, -0.2) is 55.8 Å². The Morgan fingerprint density at radius 3 is 2.52 bits per heavy atom. The summed E-state index contributed by atoms with van der Waals surface area (Å²) in [7, 11) is 1.74. The maximum Gasteiger partial charge on any atom is 0.227 e. The molecule has 29 heavy (non-hydrogen) atoms. The van der Waals surface area contributed by atoms with Crippen molar-refractivity contribution in [3.63, 3.8) is 0 Å². The highest BCUT2D eigenvalue weighted by atomic mass is 16.5. The summed E-state index contributed by atoms with van der Waals surface area (Å²) < 4.78 is 5.55. The van der Waals surface area contributed by atoms with Gasteiger partial charge < -0.3 is 19.4 Å². The first kappa shape index (κ1) is 19.8. The van der Waals surface area contributed by atoms with Crippen LogP contribution in [0.5, 0.6) is 5.75 Å². The molecule has 2 saturated heterocycles. The van der Waals surface area contributed by atoms with Crippen LogP contribution < -0.4 is 19.4 Å². The molecule has 2 aromatic rings. The van der Waals surface area contributed by atoms with Gasteiger partial charge in [0.1, 0.15) is 11.6 Å². The van der Waals surface area contributed by atoms with Crippen LogP contribution in [-0.2, 0) is 0 Å². The SMILES string of the molecule is CCC1CCCCN1c1nc(C)cc(N2CCN(c3ccccc3OC)CC2)n1. The van der Waals surface area contributed by atoms with Crippen LogP contribution in [0.1, 0.15) is 38.3 Å². The summed E-state index contributed by atoms with van der Waals surface area (Å²) in [4.78, 5) is 17.0. The number of benzene rings is 1. The fourth-order valence-electron chi connectivity index (χ4n) is 4.58. The van der Waals surface area contributed by atoms with Gasteiger partial charge in [0.05, 0.1) is 12.8 Å². The highest BCUT2D eigenvalue weighted by molar-refractivity contribution is 5.59. The second kappa shape index (κ2) is 8.89. The van der Waals surface area contributed by atoms with Crippen LogP contribution in [0.15, 0.2) is 30.3 Å². The summed E-state index contributed by atoms with van der Waals surface area (Å²) in [5, 5.41) is 0. The predicted molar refractivity (Wildman–Crippen MR) is 119 cm³/mol. The zero-order chi connectivity index (χ0) is 20.2. The lowest BCUT2D eigenvalue weighted by Gasteiger charge is -2.38. The number of methoxy groups -OCH3 is 1. The molecule has 3 heterocycles. The molecule has 0 N–H and O–H groups in total. The lowest BCUT2D eigenvalue weighted by Crippen LogP contribution is -2.47. The standard InChI is InChI=1S/C23H33N5O/c1-4-19-9-7-8-12-28(19)23-24-18(2)17-22(25-23)27-15-13-26(14-16-27)20-10-5-6-11-21(20)29-3/h5-6,10-11,17,19H,4,7-9,12-16H2,1-3H3. The molecule has 156 valence electrons. The average molecular weight is 396 g/mol. The second-order valence-corrected chi connectivity index (χ2v) is 8.06. The van der Waals surface area contributed by atoms with Crippen molar-refractivity contribution in [3.05, 3.63) is 36.0 Å². The van der Waals surface area contributed by atoms with Crippen LogP contribution >= 0.6 is 0 Å². The molecule has 6 heteroatoms. The van der Waals surface area contributed by atoms with E-state index in [-0.39, 0.29) is 0 Å². The van der Waals surface area contributed by atoms with Gasteiger partial charge in [0.15, 0.2) is 0 Å². The monoisotopic (exact) mass is 395 g/mol. The fraction of sp³-hybridized carbons (Fsp3) is 0.565. The highest BCUT2D eigenvalue weighted by Crippen LogP contribution is 2.30. The Balaban J connectivity index is 1.49. The van der Waals surface area contributed by atoms with Crippen molar-refractivity contribution < 1.29 is 4.74 Å². The lowest BCUT2D eigenvalue weighted by atomic mass is 10.0. The minimum atomic E-state index is 0.570. The van der Waals surface area contributed by atoms with E-state index in [1.54, 1.807) is 7.11 Å². The van der Waals surface area contributed by atoms with Crippen LogP contribution in [0.25, 0.3) is 0 Å². The fourth-order valence-corrected chi connectivity index (χ4v) is 4.58. The van der Waals surface area contributed by atoms with E-state index >= 15 is 0 Å². The van der Waals surface area contributed by atoms with Crippen LogP contribution in [0.3, 0.4) is 0 Å². The number of piperidine rings is 1. The normalized spacial score (nSPS) is 20.1. The van der Waals surface area contributed by atoms with Gasteiger partial charge in [-0.15, -0.1) is 0 Å². The number of nitrogens with zero attached hydrogens (tertiary/aromatic N) is 5. The number of piperazine rings is 1. The number of rotatable bonds is 5. The van der Waals surface area contributed by atoms with Gasteiger partial charge in [0.25, 0.3) is 0 Å². The summed E-state index contributed by atoms with van der Waals surface area (Å²) in [6.45, 7) is 9.25. The Labute approximate surface area is 174 Å². The van der Waals surface area contributed by atoms with Gasteiger partial charge >= 0.3 is 0 Å². The number of aromatic nitrogens is 2. The topological polar surface area (TPSA) is 44.7 Å². The summed E-state index contributed by atoms with van der Waals surface area (Å²) >= 11 is 0. The number of anilines is 3. The summed E-state index contributed by atoms with van der Waals surface area (Å²) in [5.41, 5.74) is 2.23. The Bertz CT molecular complexity index is 819. The van der Waals surface area contributed by atoms with Gasteiger partial charge in [0, 0.05) is 50.5 Å². The average Bonchev–Trinajstić information content (AvgIpc) is 2.78. The summed E-state index contributed by atoms with van der Waals surface area (Å²) in [6.07, 6.45) is 4.96. The molecule has 0 bridgehead atoms. The smallest absolute Gasteiger partial charge is 0.227 e. The van der Waals surface area contributed by atoms with E-state index in [2.05, 4.69) is 46.7 Å². The van der Waals surface area contributed by atoms with Gasteiger partial charge in [-0.3, -0.25) is 0 Å². The number of para-hydroxylation sites is 2. The first-order chi connectivity index (χ1) is 14.2. The molecule has 1 aromatic carbocycles. The van der Waals surface area contributed by atoms with Crippen molar-refractivity contribution in [2.75, 3.05) is 54.5 Å². The Hall–Kier alpha value is -2.50. The minimum absolute atomic E-state index is 0.570. The molecule has 2 fully saturated rings. The van der Waals surface area contributed by atoms with Crippen LogP contribution in [0.2, 0.25) is 0 Å². The van der Waals surface area contributed by atoms with Crippen LogP contribution in [0.4, 0.5) is 17.5 Å². The van der Waals surface area contributed by atoms with Crippen molar-refractivity contribution >= 4 is 17.5 Å². The molecule has 1 aromatic heterocycles. The second-order valence-electron chi connectivity index (χ2n) is 8.06. The zero-order valence-electron chi connectivity index (χ0n) is 18.0. The molecule has 0 saturated carbocycles. The lowest BCUT2D eigenvalue weighted by molar-refractivity contribution is 0.413.